The minimum Gasteiger partial charge on any atom is -0.478 e. The normalized spacial score (nSPS) is 13.6. The molecule has 0 aliphatic heterocycles. The molecule has 1 rings (SSSR count). The molecular weight excluding hydrogens is 416 g/mol. The molecule has 0 bridgehead atoms. The second kappa shape index (κ2) is 8.51. The van der Waals surface area contributed by atoms with Gasteiger partial charge in [0.1, 0.15) is 0 Å². The fourth-order valence-electron chi connectivity index (χ4n) is 1.48. The van der Waals surface area contributed by atoms with Crippen LogP contribution < -0.4 is 0 Å². The Labute approximate surface area is 145 Å². The van der Waals surface area contributed by atoms with Crippen LogP contribution in [-0.4, -0.2) is 11.1 Å². The maximum atomic E-state index is 10.5. The van der Waals surface area contributed by atoms with E-state index in [1.165, 1.54) is 11.0 Å². The maximum absolute atomic E-state index is 10.5. The van der Waals surface area contributed by atoms with Gasteiger partial charge in [-0.25, -0.2) is 4.79 Å². The Hall–Kier alpha value is -0.910. The minimum atomic E-state index is -0.929. The minimum absolute atomic E-state index is 0.705. The van der Waals surface area contributed by atoms with Gasteiger partial charge in [0.25, 0.3) is 0 Å². The summed E-state index contributed by atoms with van der Waals surface area (Å²) in [7, 11) is 0. The number of allylic oxidation sites excluding steroid dienone is 6. The van der Waals surface area contributed by atoms with Gasteiger partial charge in [0.2, 0.25) is 0 Å². The second-order valence-electron chi connectivity index (χ2n) is 4.48. The van der Waals surface area contributed by atoms with E-state index >= 15 is 0 Å². The molecule has 0 radical (unpaired) electrons. The molecule has 0 atom stereocenters. The van der Waals surface area contributed by atoms with E-state index in [2.05, 4.69) is 44.9 Å². The van der Waals surface area contributed by atoms with Crippen molar-refractivity contribution in [3.8, 4) is 0 Å². The summed E-state index contributed by atoms with van der Waals surface area (Å²) >= 11 is 8.81. The molecular formula is C16H16Br2O2S. The first kappa shape index (κ1) is 18.1. The van der Waals surface area contributed by atoms with Gasteiger partial charge in [0.15, 0.2) is 0 Å². The molecule has 5 heteroatoms. The number of thiophene rings is 1. The van der Waals surface area contributed by atoms with Gasteiger partial charge in [-0.2, -0.15) is 0 Å². The zero-order valence-corrected chi connectivity index (χ0v) is 16.0. The molecule has 0 fully saturated rings. The zero-order chi connectivity index (χ0) is 16.0. The SMILES string of the molecule is CC(/C=C/c1sc(C)c(Br)c1Br)=C\C=C\C(C)=C\C(=O)O. The third-order valence-electron chi connectivity index (χ3n) is 2.55. The number of aryl methyl sites for hydroxylation is 1. The average Bonchev–Trinajstić information content (AvgIpc) is 2.63. The topological polar surface area (TPSA) is 37.3 Å². The van der Waals surface area contributed by atoms with Gasteiger partial charge in [-0.3, -0.25) is 0 Å². The summed E-state index contributed by atoms with van der Waals surface area (Å²) in [5, 5.41) is 8.61. The molecule has 1 aromatic rings. The first-order valence-corrected chi connectivity index (χ1v) is 8.60. The van der Waals surface area contributed by atoms with Crippen molar-refractivity contribution in [1.29, 1.82) is 0 Å². The smallest absolute Gasteiger partial charge is 0.328 e. The molecule has 112 valence electrons. The zero-order valence-electron chi connectivity index (χ0n) is 12.0. The number of carbonyl (C=O) groups is 1. The number of rotatable bonds is 5. The fourth-order valence-corrected chi connectivity index (χ4v) is 3.72. The van der Waals surface area contributed by atoms with Gasteiger partial charge in [-0.1, -0.05) is 29.9 Å². The second-order valence-corrected chi connectivity index (χ2v) is 7.32. The molecule has 0 unspecified atom stereocenters. The molecule has 1 aromatic heterocycles. The van der Waals surface area contributed by atoms with Crippen LogP contribution in [0.4, 0.5) is 0 Å². The van der Waals surface area contributed by atoms with Crippen LogP contribution in [0.15, 0.2) is 50.5 Å². The van der Waals surface area contributed by atoms with E-state index in [-0.39, 0.29) is 0 Å². The Morgan fingerprint density at radius 3 is 2.33 bits per heavy atom. The number of hydrogen-bond donors (Lipinski definition) is 1. The fraction of sp³-hybridized carbons (Fsp3) is 0.188. The highest BCUT2D eigenvalue weighted by Gasteiger charge is 2.08. The van der Waals surface area contributed by atoms with Crippen molar-refractivity contribution >= 4 is 55.2 Å². The Kier molecular flexibility index (Phi) is 7.35. The van der Waals surface area contributed by atoms with Crippen LogP contribution in [0.3, 0.4) is 0 Å². The number of hydrogen-bond acceptors (Lipinski definition) is 2. The van der Waals surface area contributed by atoms with Gasteiger partial charge in [0, 0.05) is 20.3 Å². The lowest BCUT2D eigenvalue weighted by Gasteiger charge is -1.92. The largest absolute Gasteiger partial charge is 0.478 e. The number of halogens is 2. The molecule has 1 N–H and O–H groups in total. The lowest BCUT2D eigenvalue weighted by Crippen LogP contribution is -1.87. The summed E-state index contributed by atoms with van der Waals surface area (Å²) in [6.45, 7) is 5.83. The molecule has 1 heterocycles. The first-order chi connectivity index (χ1) is 9.81. The van der Waals surface area contributed by atoms with Crippen molar-refractivity contribution in [2.45, 2.75) is 20.8 Å². The highest BCUT2D eigenvalue weighted by atomic mass is 79.9. The lowest BCUT2D eigenvalue weighted by atomic mass is 10.2. The number of carboxylic acids is 1. The lowest BCUT2D eigenvalue weighted by molar-refractivity contribution is -0.131. The van der Waals surface area contributed by atoms with Gasteiger partial charge in [-0.15, -0.1) is 11.3 Å². The van der Waals surface area contributed by atoms with Crippen LogP contribution >= 0.6 is 43.2 Å². The van der Waals surface area contributed by atoms with E-state index in [1.807, 2.05) is 25.2 Å². The van der Waals surface area contributed by atoms with E-state index in [0.29, 0.717) is 5.57 Å². The third kappa shape index (κ3) is 6.16. The molecule has 0 spiro atoms. The molecule has 21 heavy (non-hydrogen) atoms. The number of aliphatic carboxylic acids is 1. The summed E-state index contributed by atoms with van der Waals surface area (Å²) in [6, 6.07) is 0. The van der Waals surface area contributed by atoms with Crippen LogP contribution in [-0.2, 0) is 4.79 Å². The summed E-state index contributed by atoms with van der Waals surface area (Å²) in [4.78, 5) is 12.9. The molecule has 0 amide bonds. The van der Waals surface area contributed by atoms with Gasteiger partial charge in [0.05, 0.1) is 4.47 Å². The molecule has 0 aliphatic rings. The standard InChI is InChI=1S/C16H16Br2O2S/c1-10(5-4-6-11(2)9-14(19)20)7-8-13-16(18)15(17)12(3)21-13/h4-9H,1-3H3,(H,19,20)/b6-4+,8-7+,10-5+,11-9+. The Bertz CT molecular complexity index is 649. The van der Waals surface area contributed by atoms with Crippen LogP contribution in [0, 0.1) is 6.92 Å². The Morgan fingerprint density at radius 2 is 1.81 bits per heavy atom. The van der Waals surface area contributed by atoms with E-state index in [1.54, 1.807) is 24.3 Å². The molecule has 0 saturated carbocycles. The van der Waals surface area contributed by atoms with Crippen molar-refractivity contribution in [3.05, 3.63) is 60.2 Å². The van der Waals surface area contributed by atoms with Gasteiger partial charge >= 0.3 is 5.97 Å². The molecule has 0 aromatic carbocycles. The molecule has 0 aliphatic carbocycles. The summed E-state index contributed by atoms with van der Waals surface area (Å²) in [5.41, 5.74) is 1.79. The van der Waals surface area contributed by atoms with Crippen molar-refractivity contribution in [2.75, 3.05) is 0 Å². The molecule has 0 saturated heterocycles. The van der Waals surface area contributed by atoms with Crippen LogP contribution in [0.2, 0.25) is 0 Å². The van der Waals surface area contributed by atoms with E-state index < -0.39 is 5.97 Å². The third-order valence-corrected chi connectivity index (χ3v) is 6.49. The van der Waals surface area contributed by atoms with Crippen molar-refractivity contribution < 1.29 is 9.90 Å². The monoisotopic (exact) mass is 430 g/mol. The number of carboxylic acid groups (broad SMARTS) is 1. The summed E-state index contributed by atoms with van der Waals surface area (Å²) in [6.07, 6.45) is 10.8. The average molecular weight is 432 g/mol. The van der Waals surface area contributed by atoms with E-state index in [0.717, 1.165) is 19.4 Å². The van der Waals surface area contributed by atoms with Crippen LogP contribution in [0.1, 0.15) is 23.6 Å². The Morgan fingerprint density at radius 1 is 1.14 bits per heavy atom. The van der Waals surface area contributed by atoms with E-state index in [4.69, 9.17) is 5.11 Å². The Balaban J connectivity index is 2.76. The summed E-state index contributed by atoms with van der Waals surface area (Å²) in [5.74, 6) is -0.929. The quantitative estimate of drug-likeness (QED) is 0.449. The van der Waals surface area contributed by atoms with Crippen molar-refractivity contribution in [2.24, 2.45) is 0 Å². The highest BCUT2D eigenvalue weighted by molar-refractivity contribution is 9.13. The first-order valence-electron chi connectivity index (χ1n) is 6.20. The highest BCUT2D eigenvalue weighted by Crippen LogP contribution is 2.37. The van der Waals surface area contributed by atoms with Crippen molar-refractivity contribution in [1.82, 2.24) is 0 Å². The maximum Gasteiger partial charge on any atom is 0.328 e. The van der Waals surface area contributed by atoms with Gasteiger partial charge in [-0.05, 0) is 64.3 Å². The predicted molar refractivity (Wildman–Crippen MR) is 97.8 cm³/mol. The summed E-state index contributed by atoms with van der Waals surface area (Å²) < 4.78 is 2.17. The van der Waals surface area contributed by atoms with Gasteiger partial charge < -0.3 is 5.11 Å². The van der Waals surface area contributed by atoms with Crippen LogP contribution in [0.5, 0.6) is 0 Å². The van der Waals surface area contributed by atoms with Crippen molar-refractivity contribution in [3.63, 3.8) is 0 Å². The molecule has 2 nitrogen and oxygen atoms in total. The predicted octanol–water partition coefficient (Wildman–Crippen LogP) is 6.13. The van der Waals surface area contributed by atoms with Crippen LogP contribution in [0.25, 0.3) is 6.08 Å². The van der Waals surface area contributed by atoms with E-state index in [9.17, 15) is 4.79 Å².